The van der Waals surface area contributed by atoms with Gasteiger partial charge in [-0.05, 0) is 145 Å². The van der Waals surface area contributed by atoms with Crippen LogP contribution >= 0.6 is 45.3 Å². The Hall–Kier alpha value is -10.2. The highest BCUT2D eigenvalue weighted by molar-refractivity contribution is 7.27. The molecule has 0 saturated heterocycles. The number of aromatic nitrogens is 2. The van der Waals surface area contributed by atoms with Crippen LogP contribution in [0.3, 0.4) is 0 Å². The van der Waals surface area contributed by atoms with Crippen molar-refractivity contribution in [2.24, 2.45) is 0 Å². The quantitative estimate of drug-likeness (QED) is 0.149. The van der Waals surface area contributed by atoms with Gasteiger partial charge < -0.3 is 0 Å². The van der Waals surface area contributed by atoms with E-state index in [-0.39, 0.29) is 0 Å². The molecular formula is C82H46N2S4. The topological polar surface area (TPSA) is 25.8 Å². The molecule has 19 aromatic rings. The summed E-state index contributed by atoms with van der Waals surface area (Å²) in [4.78, 5) is 11.0. The number of fused-ring (bicyclic) bond motifs is 18. The lowest BCUT2D eigenvalue weighted by molar-refractivity contribution is 1.31. The summed E-state index contributed by atoms with van der Waals surface area (Å²) in [5, 5.41) is 14.8. The number of rotatable bonds is 7. The van der Waals surface area contributed by atoms with Crippen molar-refractivity contribution in [3.63, 3.8) is 0 Å². The zero-order valence-corrected chi connectivity index (χ0v) is 50.4. The first-order chi connectivity index (χ1) is 43.6. The maximum atomic E-state index is 5.57. The molecule has 0 fully saturated rings. The Morgan fingerprint density at radius 3 is 1.14 bits per heavy atom. The summed E-state index contributed by atoms with van der Waals surface area (Å²) in [7, 11) is 0. The zero-order valence-electron chi connectivity index (χ0n) is 47.1. The highest BCUT2D eigenvalue weighted by atomic mass is 32.1. The molecule has 0 amide bonds. The van der Waals surface area contributed by atoms with Gasteiger partial charge in [0.05, 0.1) is 22.9 Å². The molecule has 0 N–H and O–H groups in total. The number of benzene rings is 14. The van der Waals surface area contributed by atoms with E-state index in [4.69, 9.17) is 9.97 Å². The monoisotopic (exact) mass is 1190 g/mol. The van der Waals surface area contributed by atoms with Crippen LogP contribution in [0, 0.1) is 0 Å². The van der Waals surface area contributed by atoms with E-state index in [1.54, 1.807) is 0 Å². The largest absolute Gasteiger partial charge is 0.252 e. The molecule has 5 heterocycles. The minimum atomic E-state index is 0.842. The first-order valence-corrected chi connectivity index (χ1v) is 33.0. The van der Waals surface area contributed by atoms with Crippen LogP contribution in [0.5, 0.6) is 0 Å². The zero-order chi connectivity index (χ0) is 57.6. The van der Waals surface area contributed by atoms with Crippen molar-refractivity contribution in [3.8, 4) is 78.0 Å². The van der Waals surface area contributed by atoms with E-state index >= 15 is 0 Å². The summed E-state index contributed by atoms with van der Waals surface area (Å²) >= 11 is 7.55. The Labute approximate surface area is 521 Å². The molecule has 0 radical (unpaired) electrons. The first kappa shape index (κ1) is 50.0. The molecule has 0 aliphatic heterocycles. The van der Waals surface area contributed by atoms with Crippen LogP contribution in [0.4, 0.5) is 0 Å². The second-order valence-electron chi connectivity index (χ2n) is 23.1. The number of hydrogen-bond donors (Lipinski definition) is 0. The van der Waals surface area contributed by atoms with E-state index in [1.807, 2.05) is 51.5 Å². The minimum absolute atomic E-state index is 0.842. The molecule has 19 rings (SSSR count). The molecule has 0 spiro atoms. The van der Waals surface area contributed by atoms with Crippen molar-refractivity contribution in [1.82, 2.24) is 9.97 Å². The van der Waals surface area contributed by atoms with Gasteiger partial charge in [-0.3, -0.25) is 4.98 Å². The summed E-state index contributed by atoms with van der Waals surface area (Å²) in [5.41, 5.74) is 18.1. The molecule has 0 aliphatic carbocycles. The molecule has 5 aromatic heterocycles. The van der Waals surface area contributed by atoms with Crippen molar-refractivity contribution in [2.75, 3.05) is 0 Å². The number of nitrogens with zero attached hydrogens (tertiary/aromatic N) is 2. The van der Waals surface area contributed by atoms with E-state index in [9.17, 15) is 0 Å². The smallest absolute Gasteiger partial charge is 0.0979 e. The van der Waals surface area contributed by atoms with Gasteiger partial charge in [-0.1, -0.05) is 200 Å². The van der Waals surface area contributed by atoms with Crippen LogP contribution in [-0.4, -0.2) is 9.97 Å². The second-order valence-corrected chi connectivity index (χ2v) is 27.3. The minimum Gasteiger partial charge on any atom is -0.252 e. The fourth-order valence-electron chi connectivity index (χ4n) is 13.9. The van der Waals surface area contributed by atoms with Crippen LogP contribution in [-0.2, 0) is 0 Å². The Morgan fingerprint density at radius 1 is 0.205 bits per heavy atom. The van der Waals surface area contributed by atoms with Crippen molar-refractivity contribution < 1.29 is 0 Å². The van der Waals surface area contributed by atoms with Crippen molar-refractivity contribution >= 4 is 159 Å². The average molecular weight is 1190 g/mol. The molecule has 6 heteroatoms. The molecule has 408 valence electrons. The molecule has 88 heavy (non-hydrogen) atoms. The fraction of sp³-hybridized carbons (Fsp3) is 0. The lowest BCUT2D eigenvalue weighted by Gasteiger charge is -2.15. The molecule has 0 unspecified atom stereocenters. The van der Waals surface area contributed by atoms with Gasteiger partial charge in [-0.25, -0.2) is 4.98 Å². The third kappa shape index (κ3) is 7.83. The predicted octanol–water partition coefficient (Wildman–Crippen LogP) is 25.1. The van der Waals surface area contributed by atoms with Crippen molar-refractivity contribution in [2.45, 2.75) is 0 Å². The summed E-state index contributed by atoms with van der Waals surface area (Å²) in [5.74, 6) is 0. The highest BCUT2D eigenvalue weighted by Gasteiger charge is 2.21. The van der Waals surface area contributed by atoms with Gasteiger partial charge in [0.25, 0.3) is 0 Å². The molecule has 0 saturated carbocycles. The number of hydrogen-bond acceptors (Lipinski definition) is 6. The lowest BCUT2D eigenvalue weighted by atomic mass is 9.90. The average Bonchev–Trinajstić information content (AvgIpc) is 1.65. The first-order valence-electron chi connectivity index (χ1n) is 29.7. The van der Waals surface area contributed by atoms with Crippen molar-refractivity contribution in [3.05, 3.63) is 279 Å². The highest BCUT2D eigenvalue weighted by Crippen LogP contribution is 2.49. The Balaban J connectivity index is 0.773. The van der Waals surface area contributed by atoms with E-state index in [0.29, 0.717) is 0 Å². The Bertz CT molecular complexity index is 6020. The van der Waals surface area contributed by atoms with Crippen LogP contribution in [0.1, 0.15) is 0 Å². The molecule has 0 bridgehead atoms. The normalized spacial score (nSPS) is 12.1. The lowest BCUT2D eigenvalue weighted by Crippen LogP contribution is -1.93. The van der Waals surface area contributed by atoms with Gasteiger partial charge in [0.1, 0.15) is 0 Å². The van der Waals surface area contributed by atoms with Crippen LogP contribution in [0.15, 0.2) is 279 Å². The maximum Gasteiger partial charge on any atom is 0.0979 e. The van der Waals surface area contributed by atoms with Crippen LogP contribution in [0.2, 0.25) is 0 Å². The molecular weight excluding hydrogens is 1140 g/mol. The Morgan fingerprint density at radius 2 is 0.580 bits per heavy atom. The predicted molar refractivity (Wildman–Crippen MR) is 384 cm³/mol. The van der Waals surface area contributed by atoms with Crippen LogP contribution < -0.4 is 0 Å². The van der Waals surface area contributed by atoms with E-state index < -0.39 is 0 Å². The Kier molecular flexibility index (Phi) is 11.2. The van der Waals surface area contributed by atoms with Gasteiger partial charge in [-0.2, -0.15) is 0 Å². The van der Waals surface area contributed by atoms with E-state index in [1.165, 1.54) is 125 Å². The van der Waals surface area contributed by atoms with Gasteiger partial charge in [0.2, 0.25) is 0 Å². The summed E-state index contributed by atoms with van der Waals surface area (Å²) in [6.07, 6.45) is 1.98. The standard InChI is InChI=1S/C82H46N2S4/c1-2-25-65-59(20-1)60-37-36-49(43-70(60)77-78(65)84-72(46-83-77)51-19-12-17-48(39-51)47-16-11-18-50(38-47)56-26-13-29-66-61-21-3-7-32-73(61)85-79(56)66)52-44-69(82-71(45-52)64-24-6-10-35-76(64)88-82)55-41-53(57-27-14-30-67-62-22-4-8-33-74(62)86-80(57)67)40-54(42-55)58-28-15-31-68-63-23-5-9-34-75(63)87-81(58)68/h1-46H. The third-order valence-corrected chi connectivity index (χ3v) is 23.0. The van der Waals surface area contributed by atoms with Gasteiger partial charge in [0.15, 0.2) is 0 Å². The van der Waals surface area contributed by atoms with E-state index in [2.05, 4.69) is 273 Å². The third-order valence-electron chi connectivity index (χ3n) is 18.1. The SMILES string of the molecule is c1cc(-c2cccc(-c3cccc4c3sc3ccccc34)c2)cc(-c2cnc3c4cc(-c5cc(-c6cc(-c7cccc8c7sc7ccccc78)cc(-c7cccc8c7sc7ccccc78)c6)c6sc7ccccc7c6c5)ccc4c4ccccc4c3n2)c1. The molecule has 14 aromatic carbocycles. The summed E-state index contributed by atoms with van der Waals surface area (Å²) in [6.45, 7) is 0. The maximum absolute atomic E-state index is 5.57. The molecule has 0 atom stereocenters. The molecule has 0 aliphatic rings. The summed E-state index contributed by atoms with van der Waals surface area (Å²) < 4.78 is 10.4. The second kappa shape index (κ2) is 19.7. The van der Waals surface area contributed by atoms with E-state index in [0.717, 1.165) is 66.1 Å². The van der Waals surface area contributed by atoms with Crippen LogP contribution in [0.25, 0.3) is 191 Å². The van der Waals surface area contributed by atoms with Crippen molar-refractivity contribution in [1.29, 1.82) is 0 Å². The fourth-order valence-corrected chi connectivity index (χ4v) is 18.9. The van der Waals surface area contributed by atoms with Gasteiger partial charge >= 0.3 is 0 Å². The van der Waals surface area contributed by atoms with Gasteiger partial charge in [0, 0.05) is 103 Å². The number of thiophene rings is 4. The summed E-state index contributed by atoms with van der Waals surface area (Å²) in [6, 6.07) is 101. The van der Waals surface area contributed by atoms with Gasteiger partial charge in [-0.15, -0.1) is 45.3 Å². The molecule has 2 nitrogen and oxygen atoms in total.